The molecule has 0 saturated carbocycles. The molecule has 0 radical (unpaired) electrons. The number of hydrogen-bond donors (Lipinski definition) is 0. The summed E-state index contributed by atoms with van der Waals surface area (Å²) in [6.45, 7) is 2.07. The highest BCUT2D eigenvalue weighted by molar-refractivity contribution is 7.98. The van der Waals surface area contributed by atoms with Crippen LogP contribution in [0.15, 0.2) is 66.1 Å². The maximum absolute atomic E-state index is 6.02. The van der Waals surface area contributed by atoms with Gasteiger partial charge >= 0.3 is 0 Å². The first kappa shape index (κ1) is 18.9. The first-order chi connectivity index (χ1) is 13.6. The van der Waals surface area contributed by atoms with Crippen LogP contribution >= 0.6 is 35.0 Å². The second kappa shape index (κ2) is 8.31. The molecule has 0 unspecified atom stereocenters. The number of aromatic nitrogens is 5. The minimum Gasteiger partial charge on any atom is -0.270 e. The van der Waals surface area contributed by atoms with Gasteiger partial charge in [0.05, 0.1) is 5.69 Å². The second-order valence-electron chi connectivity index (χ2n) is 6.07. The fourth-order valence-corrected chi connectivity index (χ4v) is 4.21. The molecule has 8 heteroatoms. The molecule has 0 saturated heterocycles. The summed E-state index contributed by atoms with van der Waals surface area (Å²) in [6.07, 6.45) is 3.50. The Balaban J connectivity index is 1.75. The lowest BCUT2D eigenvalue weighted by atomic mass is 10.2. The van der Waals surface area contributed by atoms with Crippen molar-refractivity contribution in [1.29, 1.82) is 0 Å². The van der Waals surface area contributed by atoms with Crippen molar-refractivity contribution in [3.05, 3.63) is 82.4 Å². The number of para-hydroxylation sites is 1. The van der Waals surface area contributed by atoms with E-state index >= 15 is 0 Å². The van der Waals surface area contributed by atoms with Crippen LogP contribution in [0.3, 0.4) is 0 Å². The van der Waals surface area contributed by atoms with Gasteiger partial charge < -0.3 is 0 Å². The van der Waals surface area contributed by atoms with Crippen molar-refractivity contribution in [3.8, 4) is 17.1 Å². The average molecular weight is 428 g/mol. The smallest absolute Gasteiger partial charge is 0.196 e. The zero-order chi connectivity index (χ0) is 19.5. The highest BCUT2D eigenvalue weighted by Crippen LogP contribution is 2.31. The number of halogens is 2. The zero-order valence-corrected chi connectivity index (χ0v) is 17.2. The molecule has 0 bridgehead atoms. The fraction of sp³-hybridized carbons (Fsp3) is 0.100. The Hall–Kier alpha value is -2.41. The van der Waals surface area contributed by atoms with Gasteiger partial charge in [0.15, 0.2) is 11.0 Å². The number of thioether (sulfide) groups is 1. The van der Waals surface area contributed by atoms with Crippen LogP contribution in [0.4, 0.5) is 0 Å². The van der Waals surface area contributed by atoms with E-state index in [1.54, 1.807) is 36.3 Å². The third kappa shape index (κ3) is 4.04. The summed E-state index contributed by atoms with van der Waals surface area (Å²) in [4.78, 5) is 8.09. The van der Waals surface area contributed by atoms with Gasteiger partial charge in [0.1, 0.15) is 10.3 Å². The summed E-state index contributed by atoms with van der Waals surface area (Å²) >= 11 is 13.6. The van der Waals surface area contributed by atoms with Crippen LogP contribution in [0.5, 0.6) is 0 Å². The summed E-state index contributed by atoms with van der Waals surface area (Å²) in [7, 11) is 0. The van der Waals surface area contributed by atoms with E-state index in [4.69, 9.17) is 23.2 Å². The van der Waals surface area contributed by atoms with Crippen LogP contribution in [0.1, 0.15) is 11.1 Å². The van der Waals surface area contributed by atoms with Crippen molar-refractivity contribution >= 4 is 35.0 Å². The molecule has 0 aliphatic heterocycles. The lowest BCUT2D eigenvalue weighted by molar-refractivity contribution is 0.880. The van der Waals surface area contributed by atoms with Crippen LogP contribution in [0.25, 0.3) is 17.1 Å². The van der Waals surface area contributed by atoms with Gasteiger partial charge in [0.25, 0.3) is 0 Å². The van der Waals surface area contributed by atoms with Crippen LogP contribution in [0, 0.1) is 6.92 Å². The highest BCUT2D eigenvalue weighted by atomic mass is 35.5. The predicted octanol–water partition coefficient (Wildman–Crippen LogP) is 5.63. The summed E-state index contributed by atoms with van der Waals surface area (Å²) in [5.41, 5.74) is 4.09. The number of pyridine rings is 2. The summed E-state index contributed by atoms with van der Waals surface area (Å²) in [5, 5.41) is 10.4. The lowest BCUT2D eigenvalue weighted by Crippen LogP contribution is -2.02. The molecule has 5 nitrogen and oxygen atoms in total. The normalized spacial score (nSPS) is 11.0. The quantitative estimate of drug-likeness (QED) is 0.305. The highest BCUT2D eigenvalue weighted by Gasteiger charge is 2.17. The zero-order valence-electron chi connectivity index (χ0n) is 14.9. The molecule has 4 rings (SSSR count). The molecule has 0 spiro atoms. The average Bonchev–Trinajstić information content (AvgIpc) is 3.10. The molecule has 0 aliphatic carbocycles. The molecule has 0 N–H and O–H groups in total. The van der Waals surface area contributed by atoms with Gasteiger partial charge in [-0.05, 0) is 48.4 Å². The second-order valence-corrected chi connectivity index (χ2v) is 7.79. The molecule has 3 aromatic heterocycles. The first-order valence-electron chi connectivity index (χ1n) is 8.48. The predicted molar refractivity (Wildman–Crippen MR) is 113 cm³/mol. The van der Waals surface area contributed by atoms with E-state index in [-0.39, 0.29) is 0 Å². The minimum atomic E-state index is 0.376. The van der Waals surface area contributed by atoms with Crippen LogP contribution < -0.4 is 0 Å². The van der Waals surface area contributed by atoms with Crippen LogP contribution in [0.2, 0.25) is 10.3 Å². The molecule has 0 fully saturated rings. The van der Waals surface area contributed by atoms with Gasteiger partial charge in [-0.2, -0.15) is 0 Å². The van der Waals surface area contributed by atoms with Gasteiger partial charge in [0.2, 0.25) is 0 Å². The molecular formula is C20H15Cl2N5S. The Morgan fingerprint density at radius 1 is 0.964 bits per heavy atom. The molecule has 3 heterocycles. The van der Waals surface area contributed by atoms with Crippen molar-refractivity contribution < 1.29 is 0 Å². The minimum absolute atomic E-state index is 0.376. The Morgan fingerprint density at radius 3 is 2.39 bits per heavy atom. The Kier molecular flexibility index (Phi) is 5.62. The van der Waals surface area contributed by atoms with Crippen molar-refractivity contribution in [1.82, 2.24) is 24.7 Å². The van der Waals surface area contributed by atoms with Crippen LogP contribution in [-0.4, -0.2) is 24.7 Å². The van der Waals surface area contributed by atoms with E-state index in [0.717, 1.165) is 33.4 Å². The molecule has 0 amide bonds. The van der Waals surface area contributed by atoms with Gasteiger partial charge in [0, 0.05) is 23.7 Å². The standard InChI is InChI=1S/C20H15Cl2N5S/c1-13-4-2-3-5-16(13)27-19(15-6-8-23-9-7-15)25-26-20(27)28-12-14-10-17(21)24-18(22)11-14/h2-11H,12H2,1H3. The summed E-state index contributed by atoms with van der Waals surface area (Å²) in [6, 6.07) is 15.6. The topological polar surface area (TPSA) is 56.5 Å². The maximum atomic E-state index is 6.02. The largest absolute Gasteiger partial charge is 0.270 e. The van der Waals surface area contributed by atoms with E-state index < -0.39 is 0 Å². The third-order valence-electron chi connectivity index (χ3n) is 4.12. The lowest BCUT2D eigenvalue weighted by Gasteiger charge is -2.13. The first-order valence-corrected chi connectivity index (χ1v) is 10.2. The number of benzene rings is 1. The van der Waals surface area contributed by atoms with E-state index in [0.29, 0.717) is 16.1 Å². The molecule has 0 atom stereocenters. The van der Waals surface area contributed by atoms with E-state index in [1.807, 2.05) is 24.3 Å². The Morgan fingerprint density at radius 2 is 1.68 bits per heavy atom. The van der Waals surface area contributed by atoms with Gasteiger partial charge in [-0.25, -0.2) is 4.98 Å². The molecule has 0 aliphatic rings. The molecule has 140 valence electrons. The Bertz CT molecular complexity index is 1090. The van der Waals surface area contributed by atoms with Gasteiger partial charge in [-0.15, -0.1) is 10.2 Å². The van der Waals surface area contributed by atoms with Crippen molar-refractivity contribution in [2.75, 3.05) is 0 Å². The molecular weight excluding hydrogens is 413 g/mol. The van der Waals surface area contributed by atoms with E-state index in [1.165, 1.54) is 0 Å². The SMILES string of the molecule is Cc1ccccc1-n1c(SCc2cc(Cl)nc(Cl)c2)nnc1-c1ccncc1. The molecule has 1 aromatic carbocycles. The van der Waals surface area contributed by atoms with Gasteiger partial charge in [-0.1, -0.05) is 53.2 Å². The molecule has 4 aromatic rings. The Labute approximate surface area is 176 Å². The van der Waals surface area contributed by atoms with Crippen molar-refractivity contribution in [3.63, 3.8) is 0 Å². The fourth-order valence-electron chi connectivity index (χ4n) is 2.83. The van der Waals surface area contributed by atoms with E-state index in [2.05, 4.69) is 43.8 Å². The number of nitrogens with zero attached hydrogens (tertiary/aromatic N) is 5. The number of hydrogen-bond acceptors (Lipinski definition) is 5. The monoisotopic (exact) mass is 427 g/mol. The number of aryl methyl sites for hydroxylation is 1. The summed E-state index contributed by atoms with van der Waals surface area (Å²) < 4.78 is 2.07. The molecule has 28 heavy (non-hydrogen) atoms. The van der Waals surface area contributed by atoms with Crippen LogP contribution in [-0.2, 0) is 5.75 Å². The third-order valence-corrected chi connectivity index (χ3v) is 5.51. The summed E-state index contributed by atoms with van der Waals surface area (Å²) in [5.74, 6) is 1.41. The van der Waals surface area contributed by atoms with E-state index in [9.17, 15) is 0 Å². The number of rotatable bonds is 5. The maximum Gasteiger partial charge on any atom is 0.196 e. The van der Waals surface area contributed by atoms with Gasteiger partial charge in [-0.3, -0.25) is 9.55 Å². The van der Waals surface area contributed by atoms with Crippen molar-refractivity contribution in [2.45, 2.75) is 17.8 Å². The van der Waals surface area contributed by atoms with Crippen molar-refractivity contribution in [2.24, 2.45) is 0 Å².